The van der Waals surface area contributed by atoms with Gasteiger partial charge in [-0.15, -0.1) is 5.10 Å². The molecule has 2 aromatic heterocycles. The molecule has 13 heteroatoms. The number of hydrogen-bond acceptors (Lipinski definition) is 10. The average molecular weight is 588 g/mol. The molecule has 2 aromatic carbocycles. The summed E-state index contributed by atoms with van der Waals surface area (Å²) in [6, 6.07) is 12.0. The van der Waals surface area contributed by atoms with Gasteiger partial charge in [0.1, 0.15) is 18.7 Å². The number of rotatable bonds is 6. The van der Waals surface area contributed by atoms with E-state index in [-0.39, 0.29) is 17.9 Å². The monoisotopic (exact) mass is 587 g/mol. The van der Waals surface area contributed by atoms with Crippen molar-refractivity contribution in [3.8, 4) is 16.9 Å². The fraction of sp³-hybridized carbons (Fsp3) is 0.276. The van der Waals surface area contributed by atoms with Gasteiger partial charge in [0.2, 0.25) is 5.91 Å². The molecule has 0 radical (unpaired) electrons. The van der Waals surface area contributed by atoms with Gasteiger partial charge in [-0.25, -0.2) is 14.8 Å². The largest absolute Gasteiger partial charge is 0.467 e. The molecule has 1 unspecified atom stereocenters. The van der Waals surface area contributed by atoms with Crippen molar-refractivity contribution >= 4 is 40.9 Å². The Kier molecular flexibility index (Phi) is 9.02. The summed E-state index contributed by atoms with van der Waals surface area (Å²) < 4.78 is 6.57. The highest BCUT2D eigenvalue weighted by Gasteiger charge is 2.24. The zero-order valence-corrected chi connectivity index (χ0v) is 23.9. The van der Waals surface area contributed by atoms with Crippen molar-refractivity contribution in [2.24, 2.45) is 0 Å². The van der Waals surface area contributed by atoms with Crippen molar-refractivity contribution in [3.05, 3.63) is 77.5 Å². The van der Waals surface area contributed by atoms with Crippen LogP contribution in [0, 0.1) is 0 Å². The molecule has 42 heavy (non-hydrogen) atoms. The molecule has 0 spiro atoms. The Labute approximate surface area is 247 Å². The standard InChI is InChI=1S/C29H30ClN9O3/c1-31-20-9-10-21-24-15-26(33-16-32-24)22(5-3-4-6-23(29(41)42-2)35-25(21)14-20)36-28(40)12-7-18-13-19(30)8-11-27(18)39-17-34-37-38-39/h7-17,22-23,31,35H,3-6H2,1-2H3,(H,36,40)/b12-7+/t22-,23?/m0/s1. The van der Waals surface area contributed by atoms with Crippen LogP contribution >= 0.6 is 11.6 Å². The molecule has 12 nitrogen and oxygen atoms in total. The van der Waals surface area contributed by atoms with E-state index in [1.807, 2.05) is 31.3 Å². The minimum absolute atomic E-state index is 0.303. The molecule has 1 amide bonds. The Hall–Kier alpha value is -4.84. The molecule has 2 atom stereocenters. The summed E-state index contributed by atoms with van der Waals surface area (Å²) in [6.45, 7) is 0. The second-order valence-corrected chi connectivity index (χ2v) is 10.1. The lowest BCUT2D eigenvalue weighted by Gasteiger charge is -2.23. The number of fused-ring (bicyclic) bond motifs is 4. The highest BCUT2D eigenvalue weighted by atomic mass is 35.5. The Morgan fingerprint density at radius 3 is 2.76 bits per heavy atom. The minimum Gasteiger partial charge on any atom is -0.467 e. The molecule has 4 aromatic rings. The number of nitrogens with zero attached hydrogens (tertiary/aromatic N) is 6. The smallest absolute Gasteiger partial charge is 0.328 e. The number of tetrazole rings is 1. The van der Waals surface area contributed by atoms with E-state index in [9.17, 15) is 9.59 Å². The third-order valence-electron chi connectivity index (χ3n) is 7.00. The lowest BCUT2D eigenvalue weighted by atomic mass is 9.98. The molecule has 1 aliphatic heterocycles. The first kappa shape index (κ1) is 28.7. The second kappa shape index (κ2) is 13.2. The van der Waals surface area contributed by atoms with E-state index in [0.717, 1.165) is 29.8 Å². The van der Waals surface area contributed by atoms with Gasteiger partial charge in [0.25, 0.3) is 0 Å². The zero-order chi connectivity index (χ0) is 29.5. The van der Waals surface area contributed by atoms with Gasteiger partial charge in [-0.1, -0.05) is 24.4 Å². The summed E-state index contributed by atoms with van der Waals surface area (Å²) >= 11 is 6.22. The maximum Gasteiger partial charge on any atom is 0.328 e. The first-order valence-corrected chi connectivity index (χ1v) is 13.8. The van der Waals surface area contributed by atoms with Crippen molar-refractivity contribution in [1.29, 1.82) is 0 Å². The van der Waals surface area contributed by atoms with Crippen LogP contribution in [0.2, 0.25) is 5.02 Å². The Bertz CT molecular complexity index is 1590. The highest BCUT2D eigenvalue weighted by Crippen LogP contribution is 2.33. The van der Waals surface area contributed by atoms with Crippen LogP contribution in [0.3, 0.4) is 0 Å². The lowest BCUT2D eigenvalue weighted by Crippen LogP contribution is -2.31. The van der Waals surface area contributed by atoms with E-state index < -0.39 is 6.04 Å². The van der Waals surface area contributed by atoms with E-state index >= 15 is 0 Å². The predicted octanol–water partition coefficient (Wildman–Crippen LogP) is 4.21. The van der Waals surface area contributed by atoms with Crippen LogP contribution < -0.4 is 16.0 Å². The van der Waals surface area contributed by atoms with Gasteiger partial charge in [0.15, 0.2) is 0 Å². The van der Waals surface area contributed by atoms with Crippen LogP contribution in [0.25, 0.3) is 23.0 Å². The van der Waals surface area contributed by atoms with E-state index in [2.05, 4.69) is 41.4 Å². The summed E-state index contributed by atoms with van der Waals surface area (Å²) in [7, 11) is 3.22. The Balaban J connectivity index is 1.44. The maximum absolute atomic E-state index is 13.2. The lowest BCUT2D eigenvalue weighted by molar-refractivity contribution is -0.141. The molecule has 2 bridgehead atoms. The van der Waals surface area contributed by atoms with E-state index in [4.69, 9.17) is 16.3 Å². The molecule has 0 saturated carbocycles. The number of hydrogen-bond donors (Lipinski definition) is 3. The summed E-state index contributed by atoms with van der Waals surface area (Å²) in [5.74, 6) is -0.642. The Morgan fingerprint density at radius 2 is 1.98 bits per heavy atom. The molecule has 3 heterocycles. The highest BCUT2D eigenvalue weighted by molar-refractivity contribution is 6.30. The molecule has 216 valence electrons. The Morgan fingerprint density at radius 1 is 1.12 bits per heavy atom. The van der Waals surface area contributed by atoms with Crippen molar-refractivity contribution < 1.29 is 14.3 Å². The number of carbonyl (C=O) groups excluding carboxylic acids is 2. The predicted molar refractivity (Wildman–Crippen MR) is 159 cm³/mol. The van der Waals surface area contributed by atoms with Crippen molar-refractivity contribution in [1.82, 2.24) is 35.5 Å². The van der Waals surface area contributed by atoms with E-state index in [0.29, 0.717) is 40.5 Å². The zero-order valence-electron chi connectivity index (χ0n) is 23.1. The van der Waals surface area contributed by atoms with E-state index in [1.54, 1.807) is 24.3 Å². The normalized spacial score (nSPS) is 16.8. The molecular formula is C29H30ClN9O3. The number of esters is 1. The molecule has 0 saturated heterocycles. The fourth-order valence-corrected chi connectivity index (χ4v) is 5.03. The van der Waals surface area contributed by atoms with Crippen LogP contribution in [-0.2, 0) is 14.3 Å². The van der Waals surface area contributed by atoms with Crippen LogP contribution in [0.4, 0.5) is 11.4 Å². The van der Waals surface area contributed by atoms with Crippen LogP contribution in [0.5, 0.6) is 0 Å². The fourth-order valence-electron chi connectivity index (χ4n) is 4.85. The molecule has 3 N–H and O–H groups in total. The third kappa shape index (κ3) is 6.72. The van der Waals surface area contributed by atoms with Crippen molar-refractivity contribution in [3.63, 3.8) is 0 Å². The molecule has 0 fully saturated rings. The van der Waals surface area contributed by atoms with Crippen LogP contribution in [0.15, 0.2) is 61.2 Å². The average Bonchev–Trinajstić information content (AvgIpc) is 3.55. The summed E-state index contributed by atoms with van der Waals surface area (Å²) in [6.07, 6.45) is 8.71. The quantitative estimate of drug-likeness (QED) is 0.221. The SMILES string of the molecule is CNc1ccc2c(c1)NC(C(=O)OC)CCCC[C@H](NC(=O)/C=C/c1cc(Cl)ccc1-n1cnnn1)c1cc-2ncn1. The molecule has 5 rings (SSSR count). The number of halogens is 1. The molecule has 1 aliphatic rings. The molecular weight excluding hydrogens is 558 g/mol. The number of anilines is 2. The van der Waals surface area contributed by atoms with Crippen LogP contribution in [0.1, 0.15) is 43.0 Å². The number of ether oxygens (including phenoxy) is 1. The van der Waals surface area contributed by atoms with Gasteiger partial charge in [-0.05, 0) is 71.8 Å². The van der Waals surface area contributed by atoms with Crippen molar-refractivity contribution in [2.45, 2.75) is 37.8 Å². The van der Waals surface area contributed by atoms with Crippen LogP contribution in [-0.4, -0.2) is 62.3 Å². The van der Waals surface area contributed by atoms with Gasteiger partial charge in [0, 0.05) is 40.6 Å². The van der Waals surface area contributed by atoms with Crippen molar-refractivity contribution in [2.75, 3.05) is 24.8 Å². The molecule has 0 aliphatic carbocycles. The summed E-state index contributed by atoms with van der Waals surface area (Å²) in [5, 5.41) is 21.4. The van der Waals surface area contributed by atoms with E-state index in [1.165, 1.54) is 30.5 Å². The second-order valence-electron chi connectivity index (χ2n) is 9.70. The number of carbonyl (C=O) groups is 2. The number of methoxy groups -OCH3 is 1. The van der Waals surface area contributed by atoms with Gasteiger partial charge in [-0.2, -0.15) is 4.68 Å². The number of benzene rings is 2. The number of aromatic nitrogens is 6. The number of nitrogens with one attached hydrogen (secondary N) is 3. The first-order chi connectivity index (χ1) is 20.4. The van der Waals surface area contributed by atoms with Gasteiger partial charge in [-0.3, -0.25) is 4.79 Å². The van der Waals surface area contributed by atoms with Gasteiger partial charge < -0.3 is 20.7 Å². The summed E-state index contributed by atoms with van der Waals surface area (Å²) in [5.41, 5.74) is 5.12. The topological polar surface area (TPSA) is 149 Å². The van der Waals surface area contributed by atoms with Gasteiger partial charge in [0.05, 0.1) is 30.2 Å². The minimum atomic E-state index is -0.537. The number of amides is 1. The van der Waals surface area contributed by atoms with Gasteiger partial charge >= 0.3 is 5.97 Å². The first-order valence-electron chi connectivity index (χ1n) is 13.4. The summed E-state index contributed by atoms with van der Waals surface area (Å²) in [4.78, 5) is 34.8. The third-order valence-corrected chi connectivity index (χ3v) is 7.23. The maximum atomic E-state index is 13.2.